The van der Waals surface area contributed by atoms with Gasteiger partial charge < -0.3 is 10.2 Å². The molecule has 0 atom stereocenters. The quantitative estimate of drug-likeness (QED) is 0.318. The molecule has 1 aromatic heterocycles. The first-order valence-corrected chi connectivity index (χ1v) is 11.9. The Hall–Kier alpha value is -3.72. The molecule has 0 fully saturated rings. The molecule has 9 nitrogen and oxygen atoms in total. The molecule has 2 amide bonds. The summed E-state index contributed by atoms with van der Waals surface area (Å²) >= 11 is 6.03. The molecular formula is C26H30ClN5O4. The van der Waals surface area contributed by atoms with E-state index in [-0.39, 0.29) is 40.9 Å². The Kier molecular flexibility index (Phi) is 8.14. The molecule has 0 aliphatic rings. The lowest BCUT2D eigenvalue weighted by Crippen LogP contribution is -2.40. The van der Waals surface area contributed by atoms with Crippen molar-refractivity contribution in [3.63, 3.8) is 0 Å². The number of benzene rings is 2. The van der Waals surface area contributed by atoms with Crippen LogP contribution in [0.5, 0.6) is 0 Å². The van der Waals surface area contributed by atoms with Gasteiger partial charge in [0, 0.05) is 40.7 Å². The van der Waals surface area contributed by atoms with Gasteiger partial charge in [0.25, 0.3) is 11.6 Å². The molecule has 36 heavy (non-hydrogen) atoms. The Bertz CT molecular complexity index is 1240. The lowest BCUT2D eigenvalue weighted by Gasteiger charge is -2.24. The summed E-state index contributed by atoms with van der Waals surface area (Å²) < 4.78 is 1.64. The van der Waals surface area contributed by atoms with Crippen molar-refractivity contribution in [3.05, 3.63) is 81.0 Å². The van der Waals surface area contributed by atoms with Crippen LogP contribution in [0.3, 0.4) is 0 Å². The Labute approximate surface area is 215 Å². The smallest absolute Gasteiger partial charge is 0.269 e. The second kappa shape index (κ2) is 10.9. The highest BCUT2D eigenvalue weighted by Crippen LogP contribution is 2.27. The third-order valence-electron chi connectivity index (χ3n) is 5.35. The topological polar surface area (TPSA) is 110 Å². The molecule has 0 aliphatic heterocycles. The average molecular weight is 512 g/mol. The van der Waals surface area contributed by atoms with Gasteiger partial charge in [-0.25, -0.2) is 4.68 Å². The molecule has 0 aliphatic carbocycles. The number of hydrogen-bond acceptors (Lipinski definition) is 5. The molecule has 2 aromatic carbocycles. The lowest BCUT2D eigenvalue weighted by molar-refractivity contribution is -0.384. The number of nitrogens with zero attached hydrogens (tertiary/aromatic N) is 4. The number of non-ortho nitro benzene ring substituents is 1. The van der Waals surface area contributed by atoms with Crippen LogP contribution in [0.1, 0.15) is 50.7 Å². The number of carbonyl (C=O) groups excluding carboxylic acids is 2. The third-order valence-corrected chi connectivity index (χ3v) is 5.60. The number of amides is 2. The van der Waals surface area contributed by atoms with Crippen LogP contribution in [0.2, 0.25) is 5.02 Å². The van der Waals surface area contributed by atoms with E-state index in [0.29, 0.717) is 17.4 Å². The van der Waals surface area contributed by atoms with Crippen LogP contribution in [-0.2, 0) is 10.2 Å². The highest BCUT2D eigenvalue weighted by atomic mass is 35.5. The fourth-order valence-electron chi connectivity index (χ4n) is 3.54. The molecule has 0 saturated carbocycles. The maximum absolute atomic E-state index is 13.2. The van der Waals surface area contributed by atoms with Crippen molar-refractivity contribution in [1.82, 2.24) is 14.7 Å². The molecular weight excluding hydrogens is 482 g/mol. The van der Waals surface area contributed by atoms with Gasteiger partial charge >= 0.3 is 0 Å². The van der Waals surface area contributed by atoms with Crippen molar-refractivity contribution in [1.29, 1.82) is 0 Å². The number of nitro groups is 1. The number of hydrogen-bond donors (Lipinski definition) is 1. The normalized spacial score (nSPS) is 11.4. The zero-order valence-electron chi connectivity index (χ0n) is 21.0. The first-order chi connectivity index (χ1) is 16.8. The van der Waals surface area contributed by atoms with Crippen LogP contribution < -0.4 is 5.32 Å². The maximum atomic E-state index is 13.2. The summed E-state index contributed by atoms with van der Waals surface area (Å²) in [5, 5.41) is 19.1. The minimum atomic E-state index is -0.525. The van der Waals surface area contributed by atoms with Crippen LogP contribution >= 0.6 is 11.6 Å². The van der Waals surface area contributed by atoms with Gasteiger partial charge in [-0.05, 0) is 42.3 Å². The molecule has 3 rings (SSSR count). The van der Waals surface area contributed by atoms with Gasteiger partial charge in [-0.1, -0.05) is 46.2 Å². The number of halogens is 1. The van der Waals surface area contributed by atoms with E-state index in [9.17, 15) is 19.7 Å². The van der Waals surface area contributed by atoms with E-state index in [2.05, 4.69) is 5.32 Å². The Morgan fingerprint density at radius 3 is 2.25 bits per heavy atom. The molecule has 3 aromatic rings. The molecule has 0 bridgehead atoms. The lowest BCUT2D eigenvalue weighted by atomic mass is 9.92. The van der Waals surface area contributed by atoms with Gasteiger partial charge in [-0.15, -0.1) is 0 Å². The van der Waals surface area contributed by atoms with Crippen LogP contribution in [0.4, 0.5) is 11.5 Å². The summed E-state index contributed by atoms with van der Waals surface area (Å²) in [5.41, 5.74) is 1.42. The molecule has 0 unspecified atom stereocenters. The van der Waals surface area contributed by atoms with Gasteiger partial charge in [0.15, 0.2) is 0 Å². The summed E-state index contributed by atoms with van der Waals surface area (Å²) in [6.45, 7) is 10.1. The van der Waals surface area contributed by atoms with E-state index in [4.69, 9.17) is 16.7 Å². The number of rotatable bonds is 8. The van der Waals surface area contributed by atoms with Gasteiger partial charge in [-0.3, -0.25) is 19.7 Å². The van der Waals surface area contributed by atoms with Crippen LogP contribution in [-0.4, -0.2) is 44.5 Å². The Morgan fingerprint density at radius 1 is 1.11 bits per heavy atom. The van der Waals surface area contributed by atoms with Crippen molar-refractivity contribution in [2.75, 3.05) is 18.4 Å². The van der Waals surface area contributed by atoms with E-state index in [1.165, 1.54) is 29.2 Å². The summed E-state index contributed by atoms with van der Waals surface area (Å²) in [7, 11) is 0. The van der Waals surface area contributed by atoms with Crippen molar-refractivity contribution in [3.8, 4) is 5.69 Å². The van der Waals surface area contributed by atoms with E-state index < -0.39 is 4.92 Å². The maximum Gasteiger partial charge on any atom is 0.269 e. The van der Waals surface area contributed by atoms with Crippen molar-refractivity contribution in [2.24, 2.45) is 5.92 Å². The predicted octanol–water partition coefficient (Wildman–Crippen LogP) is 5.47. The minimum absolute atomic E-state index is 0.104. The fourth-order valence-corrected chi connectivity index (χ4v) is 3.67. The number of carbonyl (C=O) groups is 2. The molecule has 10 heteroatoms. The van der Waals surface area contributed by atoms with E-state index >= 15 is 0 Å². The zero-order chi connectivity index (χ0) is 26.6. The highest BCUT2D eigenvalue weighted by Gasteiger charge is 2.24. The molecule has 1 N–H and O–H groups in total. The van der Waals surface area contributed by atoms with Gasteiger partial charge in [0.2, 0.25) is 5.91 Å². The second-order valence-corrected chi connectivity index (χ2v) is 10.4. The highest BCUT2D eigenvalue weighted by molar-refractivity contribution is 6.30. The molecule has 0 saturated heterocycles. The van der Waals surface area contributed by atoms with E-state index in [1.54, 1.807) is 28.9 Å². The number of nitrogens with one attached hydrogen (secondary N) is 1. The SMILES string of the molecule is CC(C)CN(CC(=O)Nc1cc(C(C)(C)C)nn1-c1ccc(Cl)cc1)C(=O)c1ccc([N+](=O)[O-])cc1. The van der Waals surface area contributed by atoms with Gasteiger partial charge in [0.1, 0.15) is 12.4 Å². The molecule has 190 valence electrons. The van der Waals surface area contributed by atoms with Crippen LogP contribution in [0.15, 0.2) is 54.6 Å². The molecule has 1 heterocycles. The van der Waals surface area contributed by atoms with E-state index in [1.807, 2.05) is 40.7 Å². The minimum Gasteiger partial charge on any atom is -0.329 e. The Balaban J connectivity index is 1.85. The first kappa shape index (κ1) is 26.9. The van der Waals surface area contributed by atoms with Crippen molar-refractivity contribution >= 4 is 34.9 Å². The Morgan fingerprint density at radius 2 is 1.72 bits per heavy atom. The molecule has 0 spiro atoms. The second-order valence-electron chi connectivity index (χ2n) is 9.98. The summed E-state index contributed by atoms with van der Waals surface area (Å²) in [6, 6.07) is 14.3. The standard InChI is InChI=1S/C26H30ClN5O4/c1-17(2)15-30(25(34)18-6-10-21(11-7-18)32(35)36)16-24(33)28-23-14-22(26(3,4)5)29-31(23)20-12-8-19(27)9-13-20/h6-14,17H,15-16H2,1-5H3,(H,28,33). The third kappa shape index (κ3) is 6.69. The largest absolute Gasteiger partial charge is 0.329 e. The number of anilines is 1. The van der Waals surface area contributed by atoms with Crippen molar-refractivity contribution in [2.45, 2.75) is 40.0 Å². The zero-order valence-corrected chi connectivity index (χ0v) is 21.7. The summed E-state index contributed by atoms with van der Waals surface area (Å²) in [5.74, 6) is -0.191. The monoisotopic (exact) mass is 511 g/mol. The van der Waals surface area contributed by atoms with Gasteiger partial charge in [0.05, 0.1) is 16.3 Å². The van der Waals surface area contributed by atoms with Crippen LogP contribution in [0.25, 0.3) is 5.69 Å². The van der Waals surface area contributed by atoms with E-state index in [0.717, 1.165) is 11.4 Å². The van der Waals surface area contributed by atoms with Crippen LogP contribution in [0, 0.1) is 16.0 Å². The predicted molar refractivity (Wildman–Crippen MR) is 140 cm³/mol. The first-order valence-electron chi connectivity index (χ1n) is 11.5. The molecule has 0 radical (unpaired) electrons. The van der Waals surface area contributed by atoms with Gasteiger partial charge in [-0.2, -0.15) is 5.10 Å². The average Bonchev–Trinajstić information content (AvgIpc) is 3.22. The summed E-state index contributed by atoms with van der Waals surface area (Å²) in [6.07, 6.45) is 0. The van der Waals surface area contributed by atoms with Crippen molar-refractivity contribution < 1.29 is 14.5 Å². The number of aromatic nitrogens is 2. The fraction of sp³-hybridized carbons (Fsp3) is 0.346. The number of nitro benzene ring substituents is 1. The summed E-state index contributed by atoms with van der Waals surface area (Å²) in [4.78, 5) is 38.1.